The number of fused-ring (bicyclic) bond motifs is 2. The van der Waals surface area contributed by atoms with Crippen LogP contribution >= 0.6 is 0 Å². The number of aryl methyl sites for hydroxylation is 3. The lowest BCUT2D eigenvalue weighted by atomic mass is 10.0. The summed E-state index contributed by atoms with van der Waals surface area (Å²) in [6.07, 6.45) is 0. The molecule has 0 amide bonds. The first kappa shape index (κ1) is 20.8. The second-order valence-electron chi connectivity index (χ2n) is 8.31. The molecule has 0 atom stereocenters. The van der Waals surface area contributed by atoms with Crippen LogP contribution < -0.4 is 16.0 Å². The predicted octanol–water partition coefficient (Wildman–Crippen LogP) is 6.07. The normalized spacial score (nSPS) is 11.2. The van der Waals surface area contributed by atoms with Crippen molar-refractivity contribution in [2.45, 2.75) is 27.4 Å². The van der Waals surface area contributed by atoms with Crippen molar-refractivity contribution >= 4 is 21.9 Å². The monoisotopic (exact) mass is 438 g/mol. The Morgan fingerprint density at radius 2 is 1.55 bits per heavy atom. The maximum atomic E-state index is 12.7. The fourth-order valence-electron chi connectivity index (χ4n) is 4.29. The van der Waals surface area contributed by atoms with E-state index in [1.54, 1.807) is 18.2 Å². The minimum atomic E-state index is -0.542. The molecule has 0 N–H and O–H groups in total. The molecule has 2 heterocycles. The summed E-state index contributed by atoms with van der Waals surface area (Å²) in [5.74, 6) is 0.618. The van der Waals surface area contributed by atoms with Gasteiger partial charge < -0.3 is 13.6 Å². The minimum absolute atomic E-state index is 0.315. The maximum absolute atomic E-state index is 12.7. The molecular formula is C28H22O5. The molecule has 0 aliphatic heterocycles. The third kappa shape index (κ3) is 3.94. The van der Waals surface area contributed by atoms with Crippen LogP contribution in [0.15, 0.2) is 85.2 Å². The smallest absolute Gasteiger partial charge is 0.344 e. The highest BCUT2D eigenvalue weighted by Gasteiger charge is 2.17. The van der Waals surface area contributed by atoms with Crippen molar-refractivity contribution in [2.75, 3.05) is 0 Å². The van der Waals surface area contributed by atoms with Gasteiger partial charge in [0.2, 0.25) is 0 Å². The molecule has 0 fully saturated rings. The fourth-order valence-corrected chi connectivity index (χ4v) is 4.29. The first-order valence-electron chi connectivity index (χ1n) is 10.7. The van der Waals surface area contributed by atoms with Crippen LogP contribution in [0, 0.1) is 20.8 Å². The van der Waals surface area contributed by atoms with Crippen LogP contribution in [-0.4, -0.2) is 0 Å². The van der Waals surface area contributed by atoms with Gasteiger partial charge in [0.1, 0.15) is 23.5 Å². The zero-order chi connectivity index (χ0) is 23.1. The third-order valence-corrected chi connectivity index (χ3v) is 5.72. The van der Waals surface area contributed by atoms with E-state index in [-0.39, 0.29) is 0 Å². The van der Waals surface area contributed by atoms with Crippen LogP contribution in [0.2, 0.25) is 0 Å². The van der Waals surface area contributed by atoms with Gasteiger partial charge in [-0.3, -0.25) is 0 Å². The molecule has 33 heavy (non-hydrogen) atoms. The standard InChI is InChI=1S/C28H22O5/c1-16-10-17(2)12-19(11-16)15-31-24-9-8-21-22(14-26(29)33-27(21)18(24)3)23-13-20-6-4-5-7-25(20)32-28(23)30/h4-14H,15H2,1-3H3. The molecule has 0 aliphatic carbocycles. The largest absolute Gasteiger partial charge is 0.488 e. The molecule has 0 unspecified atom stereocenters. The SMILES string of the molecule is Cc1cc(C)cc(COc2ccc3c(-c4cc5ccccc5oc4=O)cc(=O)oc3c2C)c1. The number of benzene rings is 3. The van der Waals surface area contributed by atoms with Crippen LogP contribution in [0.25, 0.3) is 33.1 Å². The maximum Gasteiger partial charge on any atom is 0.344 e. The van der Waals surface area contributed by atoms with E-state index in [9.17, 15) is 9.59 Å². The summed E-state index contributed by atoms with van der Waals surface area (Å²) in [5.41, 5.74) is 4.74. The van der Waals surface area contributed by atoms with Crippen molar-refractivity contribution in [1.82, 2.24) is 0 Å². The first-order chi connectivity index (χ1) is 15.9. The molecule has 5 heteroatoms. The number of para-hydroxylation sites is 1. The van der Waals surface area contributed by atoms with E-state index in [2.05, 4.69) is 32.0 Å². The van der Waals surface area contributed by atoms with Gasteiger partial charge in [-0.15, -0.1) is 0 Å². The Labute approximate surface area is 189 Å². The van der Waals surface area contributed by atoms with Gasteiger partial charge in [0.15, 0.2) is 0 Å². The predicted molar refractivity (Wildman–Crippen MR) is 129 cm³/mol. The van der Waals surface area contributed by atoms with E-state index in [4.69, 9.17) is 13.6 Å². The molecule has 5 aromatic rings. The topological polar surface area (TPSA) is 69.7 Å². The number of ether oxygens (including phenoxy) is 1. The molecule has 3 aromatic carbocycles. The number of rotatable bonds is 4. The molecule has 5 nitrogen and oxygen atoms in total. The van der Waals surface area contributed by atoms with Crippen LogP contribution in [-0.2, 0) is 6.61 Å². The number of hydrogen-bond acceptors (Lipinski definition) is 5. The van der Waals surface area contributed by atoms with E-state index in [0.29, 0.717) is 45.6 Å². The molecule has 0 radical (unpaired) electrons. The van der Waals surface area contributed by atoms with Gasteiger partial charge in [-0.1, -0.05) is 47.5 Å². The van der Waals surface area contributed by atoms with Crippen molar-refractivity contribution in [3.63, 3.8) is 0 Å². The Hall–Kier alpha value is -4.12. The van der Waals surface area contributed by atoms with Gasteiger partial charge in [-0.2, -0.15) is 0 Å². The average molecular weight is 438 g/mol. The van der Waals surface area contributed by atoms with Crippen LogP contribution in [0.5, 0.6) is 5.75 Å². The lowest BCUT2D eigenvalue weighted by molar-refractivity contribution is 0.304. The Kier molecular flexibility index (Phi) is 5.09. The van der Waals surface area contributed by atoms with Gasteiger partial charge in [0.05, 0.1) is 5.56 Å². The zero-order valence-electron chi connectivity index (χ0n) is 18.6. The zero-order valence-corrected chi connectivity index (χ0v) is 18.6. The highest BCUT2D eigenvalue weighted by molar-refractivity contribution is 5.96. The van der Waals surface area contributed by atoms with Gasteiger partial charge in [-0.05, 0) is 50.6 Å². The highest BCUT2D eigenvalue weighted by Crippen LogP contribution is 2.33. The van der Waals surface area contributed by atoms with Crippen molar-refractivity contribution in [1.29, 1.82) is 0 Å². The molecule has 5 rings (SSSR count). The molecular weight excluding hydrogens is 416 g/mol. The van der Waals surface area contributed by atoms with Crippen molar-refractivity contribution in [3.8, 4) is 16.9 Å². The van der Waals surface area contributed by atoms with Crippen LogP contribution in [0.3, 0.4) is 0 Å². The van der Waals surface area contributed by atoms with E-state index in [1.807, 2.05) is 31.2 Å². The average Bonchev–Trinajstić information content (AvgIpc) is 2.77. The summed E-state index contributed by atoms with van der Waals surface area (Å²) >= 11 is 0. The van der Waals surface area contributed by atoms with Gasteiger partial charge >= 0.3 is 11.3 Å². The minimum Gasteiger partial charge on any atom is -0.488 e. The number of hydrogen-bond donors (Lipinski definition) is 0. The quantitative estimate of drug-likeness (QED) is 0.319. The summed E-state index contributed by atoms with van der Waals surface area (Å²) < 4.78 is 17.1. The molecule has 0 aliphatic rings. The summed E-state index contributed by atoms with van der Waals surface area (Å²) in [5, 5.41) is 1.42. The molecule has 0 saturated carbocycles. The van der Waals surface area contributed by atoms with Crippen molar-refractivity contribution in [3.05, 3.63) is 110 Å². The van der Waals surface area contributed by atoms with E-state index in [1.165, 1.54) is 17.2 Å². The van der Waals surface area contributed by atoms with Gasteiger partial charge in [0, 0.05) is 28.0 Å². The fraction of sp³-hybridized carbons (Fsp3) is 0.143. The summed E-state index contributed by atoms with van der Waals surface area (Å²) in [7, 11) is 0. The Bertz CT molecular complexity index is 1620. The molecule has 164 valence electrons. The Balaban J connectivity index is 1.60. The summed E-state index contributed by atoms with van der Waals surface area (Å²) in [6.45, 7) is 6.34. The lowest BCUT2D eigenvalue weighted by Crippen LogP contribution is -2.07. The Morgan fingerprint density at radius 3 is 2.33 bits per heavy atom. The van der Waals surface area contributed by atoms with Crippen LogP contribution in [0.1, 0.15) is 22.3 Å². The molecule has 0 bridgehead atoms. The van der Waals surface area contributed by atoms with E-state index >= 15 is 0 Å². The van der Waals surface area contributed by atoms with E-state index < -0.39 is 11.3 Å². The third-order valence-electron chi connectivity index (χ3n) is 5.72. The highest BCUT2D eigenvalue weighted by atomic mass is 16.5. The summed E-state index contributed by atoms with van der Waals surface area (Å²) in [6, 6.07) is 20.3. The van der Waals surface area contributed by atoms with Crippen molar-refractivity contribution < 1.29 is 13.6 Å². The van der Waals surface area contributed by atoms with Crippen LogP contribution in [0.4, 0.5) is 0 Å². The molecule has 0 spiro atoms. The molecule has 2 aromatic heterocycles. The summed E-state index contributed by atoms with van der Waals surface area (Å²) in [4.78, 5) is 25.2. The first-order valence-corrected chi connectivity index (χ1v) is 10.7. The Morgan fingerprint density at radius 1 is 0.788 bits per heavy atom. The second-order valence-corrected chi connectivity index (χ2v) is 8.31. The molecule has 0 saturated heterocycles. The van der Waals surface area contributed by atoms with Crippen molar-refractivity contribution in [2.24, 2.45) is 0 Å². The lowest BCUT2D eigenvalue weighted by Gasteiger charge is -2.13. The van der Waals surface area contributed by atoms with E-state index in [0.717, 1.165) is 10.9 Å². The van der Waals surface area contributed by atoms with Gasteiger partial charge in [-0.25, -0.2) is 9.59 Å². The second kappa shape index (κ2) is 8.10. The van der Waals surface area contributed by atoms with Gasteiger partial charge in [0.25, 0.3) is 0 Å².